The van der Waals surface area contributed by atoms with Crippen molar-refractivity contribution in [3.05, 3.63) is 93.1 Å². The summed E-state index contributed by atoms with van der Waals surface area (Å²) in [6.07, 6.45) is 10.2. The molecule has 1 fully saturated rings. The van der Waals surface area contributed by atoms with Crippen LogP contribution in [0.25, 0.3) is 11.1 Å². The zero-order valence-electron chi connectivity index (χ0n) is 23.0. The van der Waals surface area contributed by atoms with Crippen molar-refractivity contribution in [3.8, 4) is 16.5 Å². The van der Waals surface area contributed by atoms with Crippen LogP contribution in [0.3, 0.4) is 0 Å². The normalized spacial score (nSPS) is 17.7. The minimum atomic E-state index is -0.546. The summed E-state index contributed by atoms with van der Waals surface area (Å²) in [4.78, 5) is 21.8. The number of nitrogens with zero attached hydrogens (tertiary/aromatic N) is 3. The fourth-order valence-corrected chi connectivity index (χ4v) is 6.69. The Kier molecular flexibility index (Phi) is 7.84. The van der Waals surface area contributed by atoms with E-state index in [1.165, 1.54) is 16.9 Å². The van der Waals surface area contributed by atoms with Gasteiger partial charge in [0.15, 0.2) is 0 Å². The van der Waals surface area contributed by atoms with Crippen molar-refractivity contribution in [3.63, 3.8) is 0 Å². The van der Waals surface area contributed by atoms with Crippen LogP contribution in [0, 0.1) is 6.92 Å². The average Bonchev–Trinajstić information content (AvgIpc) is 3.58. The van der Waals surface area contributed by atoms with Crippen molar-refractivity contribution in [2.45, 2.75) is 51.2 Å². The topological polar surface area (TPSA) is 104 Å². The third-order valence-electron chi connectivity index (χ3n) is 7.59. The Balaban J connectivity index is 1.23. The summed E-state index contributed by atoms with van der Waals surface area (Å²) in [6.45, 7) is 5.76. The van der Waals surface area contributed by atoms with Gasteiger partial charge in [-0.15, -0.1) is 11.3 Å². The van der Waals surface area contributed by atoms with Crippen molar-refractivity contribution >= 4 is 34.9 Å². The van der Waals surface area contributed by atoms with Crippen LogP contribution in [0.4, 0.5) is 0 Å². The van der Waals surface area contributed by atoms with E-state index < -0.39 is 12.0 Å². The molecule has 0 bridgehead atoms. The summed E-state index contributed by atoms with van der Waals surface area (Å²) in [6, 6.07) is 11.7. The highest BCUT2D eigenvalue weighted by Gasteiger charge is 2.25. The van der Waals surface area contributed by atoms with Gasteiger partial charge >= 0.3 is 0 Å². The number of ether oxygens (including phenoxy) is 2. The number of nitrogens with two attached hydrogens (primary N) is 1. The molecular formula is C31H32ClN5O3S. The number of primary amides is 1. The maximum absolute atomic E-state index is 12.4. The summed E-state index contributed by atoms with van der Waals surface area (Å²) in [5.74, 6) is 0.745. The van der Waals surface area contributed by atoms with Gasteiger partial charge < -0.3 is 20.5 Å². The Labute approximate surface area is 248 Å². The molecule has 1 aromatic carbocycles. The number of rotatable bonds is 8. The predicted octanol–water partition coefficient (Wildman–Crippen LogP) is 6.01. The van der Waals surface area contributed by atoms with E-state index in [0.717, 1.165) is 60.0 Å². The lowest BCUT2D eigenvalue weighted by Gasteiger charge is -2.25. The van der Waals surface area contributed by atoms with E-state index in [1.807, 2.05) is 48.9 Å². The zero-order chi connectivity index (χ0) is 28.5. The Bertz CT molecular complexity index is 1610. The number of aromatic nitrogens is 3. The number of nitrogens with one attached hydrogen (secondary N) is 1. The number of allylic oxidation sites excluding steroid dienone is 1. The van der Waals surface area contributed by atoms with Crippen LogP contribution in [0.15, 0.2) is 55.0 Å². The number of amides is 1. The molecule has 0 radical (unpaired) electrons. The van der Waals surface area contributed by atoms with Gasteiger partial charge in [-0.2, -0.15) is 0 Å². The molecule has 4 heterocycles. The van der Waals surface area contributed by atoms with Gasteiger partial charge in [0, 0.05) is 35.9 Å². The second-order valence-electron chi connectivity index (χ2n) is 10.5. The lowest BCUT2D eigenvalue weighted by Crippen LogP contribution is -2.34. The van der Waals surface area contributed by atoms with Crippen molar-refractivity contribution in [2.75, 3.05) is 13.1 Å². The average molecular weight is 590 g/mol. The lowest BCUT2D eigenvalue weighted by molar-refractivity contribution is 0.0998. The number of carbonyl (C=O) groups excluding carboxylic acids is 1. The SMILES string of the molecule is Cc1cc(C2C=Cc3c(ncn3-c3cc(O[C@H](C)c4cccc(OC5CCNCC5)c4Cl)c(C(N)=O)s3)C2)ccn1. The number of fused-ring (bicyclic) bond motifs is 1. The monoisotopic (exact) mass is 589 g/mol. The van der Waals surface area contributed by atoms with E-state index in [-0.39, 0.29) is 12.0 Å². The number of carbonyl (C=O) groups is 1. The van der Waals surface area contributed by atoms with E-state index in [1.54, 1.807) is 6.33 Å². The van der Waals surface area contributed by atoms with Crippen LogP contribution in [0.1, 0.15) is 69.7 Å². The highest BCUT2D eigenvalue weighted by Crippen LogP contribution is 2.40. The highest BCUT2D eigenvalue weighted by atomic mass is 35.5. The molecule has 8 nitrogen and oxygen atoms in total. The summed E-state index contributed by atoms with van der Waals surface area (Å²) in [5.41, 5.74) is 10.7. The van der Waals surface area contributed by atoms with Crippen molar-refractivity contribution in [1.29, 1.82) is 0 Å². The first-order valence-electron chi connectivity index (χ1n) is 13.8. The molecule has 3 N–H and O–H groups in total. The molecule has 1 unspecified atom stereocenters. The van der Waals surface area contributed by atoms with E-state index >= 15 is 0 Å². The number of hydrogen-bond donors (Lipinski definition) is 2. The maximum Gasteiger partial charge on any atom is 0.262 e. The van der Waals surface area contributed by atoms with Crippen molar-refractivity contribution in [2.24, 2.45) is 5.73 Å². The number of halogens is 1. The van der Waals surface area contributed by atoms with Crippen LogP contribution in [0.5, 0.6) is 11.5 Å². The number of aryl methyl sites for hydroxylation is 1. The van der Waals surface area contributed by atoms with Crippen molar-refractivity contribution in [1.82, 2.24) is 19.9 Å². The largest absolute Gasteiger partial charge is 0.489 e. The Morgan fingerprint density at radius 1 is 1.20 bits per heavy atom. The first-order valence-corrected chi connectivity index (χ1v) is 15.0. The second-order valence-corrected chi connectivity index (χ2v) is 11.9. The van der Waals surface area contributed by atoms with Gasteiger partial charge in [-0.05, 0) is 69.6 Å². The molecule has 1 aliphatic carbocycles. The van der Waals surface area contributed by atoms with Gasteiger partial charge in [0.05, 0.1) is 16.4 Å². The molecule has 0 saturated carbocycles. The smallest absolute Gasteiger partial charge is 0.262 e. The number of piperidine rings is 1. The second kappa shape index (κ2) is 11.7. The van der Waals surface area contributed by atoms with Gasteiger partial charge in [0.1, 0.15) is 39.9 Å². The van der Waals surface area contributed by atoms with E-state index in [0.29, 0.717) is 21.4 Å². The Hall–Kier alpha value is -3.66. The number of benzene rings is 1. The van der Waals surface area contributed by atoms with Crippen LogP contribution in [-0.4, -0.2) is 39.6 Å². The Morgan fingerprint density at radius 3 is 2.80 bits per heavy atom. The molecule has 2 aliphatic rings. The summed E-state index contributed by atoms with van der Waals surface area (Å²) in [7, 11) is 0. The fourth-order valence-electron chi connectivity index (χ4n) is 5.43. The Morgan fingerprint density at radius 2 is 2.02 bits per heavy atom. The summed E-state index contributed by atoms with van der Waals surface area (Å²) < 4.78 is 14.5. The molecule has 1 aliphatic heterocycles. The predicted molar refractivity (Wildman–Crippen MR) is 161 cm³/mol. The number of hydrogen-bond acceptors (Lipinski definition) is 7. The van der Waals surface area contributed by atoms with Gasteiger partial charge in [-0.3, -0.25) is 14.3 Å². The summed E-state index contributed by atoms with van der Waals surface area (Å²) >= 11 is 8.07. The first-order chi connectivity index (χ1) is 19.9. The third kappa shape index (κ3) is 5.75. The number of pyridine rings is 1. The first kappa shape index (κ1) is 27.5. The lowest BCUT2D eigenvalue weighted by atomic mass is 9.90. The highest BCUT2D eigenvalue weighted by molar-refractivity contribution is 7.16. The maximum atomic E-state index is 12.4. The molecule has 0 spiro atoms. The molecule has 10 heteroatoms. The molecule has 2 atom stereocenters. The van der Waals surface area contributed by atoms with Crippen LogP contribution in [-0.2, 0) is 6.42 Å². The van der Waals surface area contributed by atoms with Gasteiger partial charge in [-0.25, -0.2) is 4.98 Å². The fraction of sp³-hybridized carbons (Fsp3) is 0.323. The molecular weight excluding hydrogens is 558 g/mol. The zero-order valence-corrected chi connectivity index (χ0v) is 24.5. The molecule has 1 amide bonds. The molecule has 6 rings (SSSR count). The van der Waals surface area contributed by atoms with Crippen LogP contribution in [0.2, 0.25) is 5.02 Å². The van der Waals surface area contributed by atoms with Crippen molar-refractivity contribution < 1.29 is 14.3 Å². The molecule has 1 saturated heterocycles. The number of imidazole rings is 1. The van der Waals surface area contributed by atoms with Crippen LogP contribution < -0.4 is 20.5 Å². The molecule has 212 valence electrons. The molecule has 41 heavy (non-hydrogen) atoms. The minimum absolute atomic E-state index is 0.125. The van der Waals surface area contributed by atoms with Gasteiger partial charge in [0.2, 0.25) is 0 Å². The van der Waals surface area contributed by atoms with Gasteiger partial charge in [-0.1, -0.05) is 29.8 Å². The standard InChI is InChI=1S/C31H32ClN5O3S/c1-18-14-21(8-13-35-18)20-6-7-25-24(15-20)36-17-37(25)28-16-27(30(41-28)31(33)38)39-19(2)23-4-3-5-26(29(23)32)40-22-9-11-34-12-10-22/h3-8,13-14,16-17,19-20,22,34H,9-12,15H2,1-2H3,(H2,33,38)/t19-,20?/m1/s1. The van der Waals surface area contributed by atoms with E-state index in [2.05, 4.69) is 34.6 Å². The van der Waals surface area contributed by atoms with E-state index in [4.69, 9.17) is 31.8 Å². The van der Waals surface area contributed by atoms with E-state index in [9.17, 15) is 4.79 Å². The summed E-state index contributed by atoms with van der Waals surface area (Å²) in [5, 5.41) is 4.66. The molecule has 4 aromatic rings. The number of thiophene rings is 1. The molecule has 3 aromatic heterocycles. The van der Waals surface area contributed by atoms with Crippen LogP contribution >= 0.6 is 22.9 Å². The van der Waals surface area contributed by atoms with Gasteiger partial charge in [0.25, 0.3) is 5.91 Å². The third-order valence-corrected chi connectivity index (χ3v) is 9.13. The quantitative estimate of drug-likeness (QED) is 0.261. The minimum Gasteiger partial charge on any atom is -0.489 e.